The van der Waals surface area contributed by atoms with Gasteiger partial charge in [-0.1, -0.05) is 66.2 Å². The highest BCUT2D eigenvalue weighted by atomic mass is 35.5. The molecular weight excluding hydrogens is 430 g/mol. The molecule has 2 aromatic carbocycles. The van der Waals surface area contributed by atoms with Gasteiger partial charge < -0.3 is 5.32 Å². The third kappa shape index (κ3) is 6.77. The summed E-state index contributed by atoms with van der Waals surface area (Å²) in [6, 6.07) is 20.1. The normalized spacial score (nSPS) is 12.1. The van der Waals surface area contributed by atoms with E-state index in [4.69, 9.17) is 11.6 Å². The molecule has 3 aromatic rings. The van der Waals surface area contributed by atoms with Crippen molar-refractivity contribution in [3.8, 4) is 0 Å². The van der Waals surface area contributed by atoms with Crippen LogP contribution in [0.15, 0.2) is 88.5 Å². The molecule has 0 aliphatic heterocycles. The molecule has 2 N–H and O–H groups in total. The predicted molar refractivity (Wildman–Crippen MR) is 128 cm³/mol. The van der Waals surface area contributed by atoms with E-state index < -0.39 is 11.8 Å². The van der Waals surface area contributed by atoms with Crippen molar-refractivity contribution >= 4 is 53.1 Å². The summed E-state index contributed by atoms with van der Waals surface area (Å²) in [6.07, 6.45) is 5.08. The lowest BCUT2D eigenvalue weighted by atomic mass is 10.1. The van der Waals surface area contributed by atoms with Crippen molar-refractivity contribution < 1.29 is 9.59 Å². The summed E-state index contributed by atoms with van der Waals surface area (Å²) in [7, 11) is 0. The van der Waals surface area contributed by atoms with Crippen LogP contribution in [0.2, 0.25) is 5.02 Å². The Morgan fingerprint density at radius 2 is 1.71 bits per heavy atom. The zero-order valence-corrected chi connectivity index (χ0v) is 18.3. The maximum Gasteiger partial charge on any atom is 0.287 e. The van der Waals surface area contributed by atoms with Crippen molar-refractivity contribution in [3.05, 3.63) is 104 Å². The van der Waals surface area contributed by atoms with Gasteiger partial charge in [0.1, 0.15) is 5.70 Å². The van der Waals surface area contributed by atoms with Gasteiger partial charge in [-0.3, -0.25) is 9.59 Å². The van der Waals surface area contributed by atoms with Gasteiger partial charge in [-0.15, -0.1) is 11.3 Å². The largest absolute Gasteiger partial charge is 0.317 e. The number of thiophene rings is 1. The number of rotatable bonds is 7. The fourth-order valence-electron chi connectivity index (χ4n) is 2.61. The molecule has 1 aromatic heterocycles. The van der Waals surface area contributed by atoms with Crippen molar-refractivity contribution in [1.29, 1.82) is 0 Å². The van der Waals surface area contributed by atoms with Gasteiger partial charge in [0.05, 0.1) is 16.8 Å². The second-order valence-electron chi connectivity index (χ2n) is 6.51. The Labute approximate surface area is 189 Å². The molecule has 0 atom stereocenters. The number of nitrogens with one attached hydrogen (secondary N) is 2. The number of amides is 2. The fourth-order valence-corrected chi connectivity index (χ4v) is 3.49. The van der Waals surface area contributed by atoms with E-state index in [1.165, 1.54) is 11.3 Å². The minimum Gasteiger partial charge on any atom is -0.317 e. The summed E-state index contributed by atoms with van der Waals surface area (Å²) >= 11 is 7.54. The van der Waals surface area contributed by atoms with Gasteiger partial charge in [0.2, 0.25) is 0 Å². The SMILES string of the molecule is C/C(C=NNC(=O)/C(=C\c1cccs1)NC(=O)c1ccccc1Cl)=C/c1ccccc1. The monoisotopic (exact) mass is 449 g/mol. The number of hydrogen-bond acceptors (Lipinski definition) is 4. The molecule has 7 heteroatoms. The van der Waals surface area contributed by atoms with Crippen LogP contribution in [0.1, 0.15) is 27.7 Å². The van der Waals surface area contributed by atoms with Crippen molar-refractivity contribution in [2.45, 2.75) is 6.92 Å². The van der Waals surface area contributed by atoms with Gasteiger partial charge in [-0.05, 0) is 47.7 Å². The summed E-state index contributed by atoms with van der Waals surface area (Å²) < 4.78 is 0. The maximum absolute atomic E-state index is 12.7. The summed E-state index contributed by atoms with van der Waals surface area (Å²) in [5, 5.41) is 8.83. The van der Waals surface area contributed by atoms with Gasteiger partial charge in [-0.25, -0.2) is 5.43 Å². The highest BCUT2D eigenvalue weighted by molar-refractivity contribution is 7.10. The van der Waals surface area contributed by atoms with Crippen molar-refractivity contribution in [1.82, 2.24) is 10.7 Å². The first kappa shape index (κ1) is 22.2. The minimum atomic E-state index is -0.544. The second-order valence-corrected chi connectivity index (χ2v) is 7.89. The van der Waals surface area contributed by atoms with Crippen LogP contribution in [0, 0.1) is 0 Å². The molecule has 0 spiro atoms. The number of benzene rings is 2. The summed E-state index contributed by atoms with van der Waals surface area (Å²) in [5.41, 5.74) is 4.69. The first-order valence-electron chi connectivity index (χ1n) is 9.41. The van der Waals surface area contributed by atoms with Gasteiger partial charge in [0.25, 0.3) is 11.8 Å². The van der Waals surface area contributed by atoms with E-state index in [0.29, 0.717) is 5.02 Å². The molecule has 2 amide bonds. The van der Waals surface area contributed by atoms with E-state index in [9.17, 15) is 9.59 Å². The topological polar surface area (TPSA) is 70.6 Å². The Hall–Kier alpha value is -3.48. The van der Waals surface area contributed by atoms with Crippen LogP contribution in [0.3, 0.4) is 0 Å². The second kappa shape index (κ2) is 11.1. The van der Waals surface area contributed by atoms with E-state index in [2.05, 4.69) is 15.8 Å². The zero-order valence-electron chi connectivity index (χ0n) is 16.7. The van der Waals surface area contributed by atoms with E-state index >= 15 is 0 Å². The van der Waals surface area contributed by atoms with Crippen LogP contribution >= 0.6 is 22.9 Å². The maximum atomic E-state index is 12.7. The summed E-state index contributed by atoms with van der Waals surface area (Å²) in [5.74, 6) is -1.02. The van der Waals surface area contributed by atoms with Crippen LogP contribution < -0.4 is 10.7 Å². The fraction of sp³-hybridized carbons (Fsp3) is 0.0417. The van der Waals surface area contributed by atoms with Crippen LogP contribution in [0.4, 0.5) is 0 Å². The molecule has 0 saturated carbocycles. The molecule has 156 valence electrons. The molecule has 0 bridgehead atoms. The number of carbonyl (C=O) groups excluding carboxylic acids is 2. The molecule has 0 aliphatic carbocycles. The lowest BCUT2D eigenvalue weighted by Crippen LogP contribution is -2.32. The van der Waals surface area contributed by atoms with Gasteiger partial charge in [-0.2, -0.15) is 5.10 Å². The summed E-state index contributed by atoms with van der Waals surface area (Å²) in [4.78, 5) is 26.2. The van der Waals surface area contributed by atoms with Crippen LogP contribution in [-0.4, -0.2) is 18.0 Å². The van der Waals surface area contributed by atoms with Crippen LogP contribution in [-0.2, 0) is 4.79 Å². The Bertz CT molecular complexity index is 1140. The first-order chi connectivity index (χ1) is 15.0. The lowest BCUT2D eigenvalue weighted by molar-refractivity contribution is -0.117. The third-order valence-electron chi connectivity index (χ3n) is 4.07. The van der Waals surface area contributed by atoms with E-state index in [1.54, 1.807) is 36.6 Å². The molecular formula is C24H20ClN3O2S. The smallest absolute Gasteiger partial charge is 0.287 e. The molecule has 0 fully saturated rings. The average Bonchev–Trinajstić information content (AvgIpc) is 3.27. The quantitative estimate of drug-likeness (QED) is 0.289. The number of hydrogen-bond donors (Lipinski definition) is 2. The molecule has 1 heterocycles. The Kier molecular flexibility index (Phi) is 7.92. The molecule has 5 nitrogen and oxygen atoms in total. The number of hydrazone groups is 1. The van der Waals surface area contributed by atoms with Crippen molar-refractivity contribution in [3.63, 3.8) is 0 Å². The molecule has 0 saturated heterocycles. The molecule has 3 rings (SSSR count). The number of halogens is 1. The van der Waals surface area contributed by atoms with E-state index in [1.807, 2.05) is 60.8 Å². The molecule has 0 aliphatic rings. The average molecular weight is 450 g/mol. The number of nitrogens with zero attached hydrogens (tertiary/aromatic N) is 1. The molecule has 0 unspecified atom stereocenters. The van der Waals surface area contributed by atoms with Crippen LogP contribution in [0.5, 0.6) is 0 Å². The van der Waals surface area contributed by atoms with Gasteiger partial charge in [0.15, 0.2) is 0 Å². The number of carbonyl (C=O) groups is 2. The summed E-state index contributed by atoms with van der Waals surface area (Å²) in [6.45, 7) is 1.88. The zero-order chi connectivity index (χ0) is 22.1. The number of allylic oxidation sites excluding steroid dienone is 1. The van der Waals surface area contributed by atoms with Crippen molar-refractivity contribution in [2.24, 2.45) is 5.10 Å². The Morgan fingerprint density at radius 1 is 0.968 bits per heavy atom. The van der Waals surface area contributed by atoms with E-state index in [-0.39, 0.29) is 11.3 Å². The standard InChI is InChI=1S/C24H20ClN3O2S/c1-17(14-18-8-3-2-4-9-18)16-26-28-24(30)22(15-19-10-7-13-31-19)27-23(29)20-11-5-6-12-21(20)25/h2-16H,1H3,(H,27,29)(H,28,30)/b17-14-,22-15+,26-16?. The van der Waals surface area contributed by atoms with Crippen molar-refractivity contribution in [2.75, 3.05) is 0 Å². The van der Waals surface area contributed by atoms with Gasteiger partial charge >= 0.3 is 0 Å². The van der Waals surface area contributed by atoms with Crippen LogP contribution in [0.25, 0.3) is 12.2 Å². The highest BCUT2D eigenvalue weighted by Gasteiger charge is 2.16. The lowest BCUT2D eigenvalue weighted by Gasteiger charge is -2.09. The van der Waals surface area contributed by atoms with Gasteiger partial charge in [0, 0.05) is 4.88 Å². The predicted octanol–water partition coefficient (Wildman–Crippen LogP) is 5.38. The Balaban J connectivity index is 1.73. The highest BCUT2D eigenvalue weighted by Crippen LogP contribution is 2.17. The molecule has 31 heavy (non-hydrogen) atoms. The minimum absolute atomic E-state index is 0.0641. The van der Waals surface area contributed by atoms with E-state index in [0.717, 1.165) is 16.0 Å². The molecule has 0 radical (unpaired) electrons. The first-order valence-corrected chi connectivity index (χ1v) is 10.7. The Morgan fingerprint density at radius 3 is 2.42 bits per heavy atom. The third-order valence-corrected chi connectivity index (χ3v) is 5.22.